The molecule has 0 fully saturated rings. The summed E-state index contributed by atoms with van der Waals surface area (Å²) in [7, 11) is 0. The molecule has 0 saturated carbocycles. The molecule has 0 amide bonds. The number of nitrogens with two attached hydrogens (primary N) is 1. The van der Waals surface area contributed by atoms with Gasteiger partial charge in [-0.05, 0) is 17.9 Å². The molecule has 1 aromatic carbocycles. The molecule has 4 heteroatoms. The van der Waals surface area contributed by atoms with Gasteiger partial charge < -0.3 is 15.8 Å². The first-order valence-electron chi connectivity index (χ1n) is 6.84. The Bertz CT molecular complexity index is 363. The molecule has 4 nitrogen and oxygen atoms in total. The maximum atomic E-state index is 5.76. The third-order valence-electron chi connectivity index (χ3n) is 2.53. The minimum atomic E-state index is 0.490. The molecule has 0 spiro atoms. The molecule has 0 aliphatic heterocycles. The number of rotatable bonds is 8. The molecule has 19 heavy (non-hydrogen) atoms. The Morgan fingerprint density at radius 1 is 1.32 bits per heavy atom. The van der Waals surface area contributed by atoms with Crippen LogP contribution in [-0.2, 0) is 11.2 Å². The van der Waals surface area contributed by atoms with Crippen LogP contribution in [0.15, 0.2) is 35.3 Å². The van der Waals surface area contributed by atoms with E-state index in [1.807, 2.05) is 18.2 Å². The first-order chi connectivity index (χ1) is 9.18. The summed E-state index contributed by atoms with van der Waals surface area (Å²) in [4.78, 5) is 4.21. The zero-order valence-electron chi connectivity index (χ0n) is 11.9. The van der Waals surface area contributed by atoms with Gasteiger partial charge in [-0.1, -0.05) is 44.2 Å². The highest BCUT2D eigenvalue weighted by atomic mass is 16.5. The lowest BCUT2D eigenvalue weighted by molar-refractivity contribution is 0.117. The summed E-state index contributed by atoms with van der Waals surface area (Å²) in [6.07, 6.45) is 0.945. The van der Waals surface area contributed by atoms with E-state index >= 15 is 0 Å². The van der Waals surface area contributed by atoms with E-state index in [9.17, 15) is 0 Å². The Labute approximate surface area is 116 Å². The highest BCUT2D eigenvalue weighted by Gasteiger charge is 1.95. The lowest BCUT2D eigenvalue weighted by Gasteiger charge is -2.07. The van der Waals surface area contributed by atoms with Gasteiger partial charge in [0.05, 0.1) is 13.2 Å². The average molecular weight is 263 g/mol. The predicted octanol–water partition coefficient (Wildman–Crippen LogP) is 1.81. The molecular formula is C15H25N3O. The summed E-state index contributed by atoms with van der Waals surface area (Å²) in [6.45, 7) is 7.06. The average Bonchev–Trinajstić information content (AvgIpc) is 2.39. The molecule has 3 N–H and O–H groups in total. The lowest BCUT2D eigenvalue weighted by atomic mass is 10.1. The van der Waals surface area contributed by atoms with Gasteiger partial charge in [-0.2, -0.15) is 0 Å². The van der Waals surface area contributed by atoms with Crippen molar-refractivity contribution in [3.63, 3.8) is 0 Å². The maximum absolute atomic E-state index is 5.76. The van der Waals surface area contributed by atoms with Crippen molar-refractivity contribution in [1.29, 1.82) is 0 Å². The Hall–Kier alpha value is -1.55. The minimum Gasteiger partial charge on any atom is -0.379 e. The Balaban J connectivity index is 2.08. The summed E-state index contributed by atoms with van der Waals surface area (Å²) in [5, 5.41) is 3.10. The molecule has 0 heterocycles. The molecule has 0 aromatic heterocycles. The van der Waals surface area contributed by atoms with E-state index in [1.54, 1.807) is 0 Å². The maximum Gasteiger partial charge on any atom is 0.188 e. The molecule has 0 unspecified atom stereocenters. The van der Waals surface area contributed by atoms with Crippen molar-refractivity contribution in [1.82, 2.24) is 5.32 Å². The van der Waals surface area contributed by atoms with Crippen LogP contribution in [0.25, 0.3) is 0 Å². The predicted molar refractivity (Wildman–Crippen MR) is 80.3 cm³/mol. The van der Waals surface area contributed by atoms with Crippen molar-refractivity contribution in [2.24, 2.45) is 16.6 Å². The number of nitrogens with zero attached hydrogens (tertiary/aromatic N) is 1. The molecule has 1 aromatic rings. The molecule has 0 aliphatic rings. The van der Waals surface area contributed by atoms with Crippen molar-refractivity contribution in [3.8, 4) is 0 Å². The number of hydrogen-bond acceptors (Lipinski definition) is 2. The molecule has 106 valence electrons. The summed E-state index contributed by atoms with van der Waals surface area (Å²) < 4.78 is 5.43. The third kappa shape index (κ3) is 8.21. The van der Waals surface area contributed by atoms with Crippen LogP contribution in [0.1, 0.15) is 19.4 Å². The fraction of sp³-hybridized carbons (Fsp3) is 0.533. The van der Waals surface area contributed by atoms with Gasteiger partial charge >= 0.3 is 0 Å². The van der Waals surface area contributed by atoms with E-state index in [0.717, 1.165) is 19.6 Å². The minimum absolute atomic E-state index is 0.490. The van der Waals surface area contributed by atoms with Gasteiger partial charge in [-0.15, -0.1) is 0 Å². The molecule has 0 aliphatic carbocycles. The van der Waals surface area contributed by atoms with E-state index in [-0.39, 0.29) is 0 Å². The van der Waals surface area contributed by atoms with Crippen molar-refractivity contribution in [2.45, 2.75) is 20.3 Å². The van der Waals surface area contributed by atoms with Crippen molar-refractivity contribution < 1.29 is 4.74 Å². The summed E-state index contributed by atoms with van der Waals surface area (Å²) >= 11 is 0. The monoisotopic (exact) mass is 263 g/mol. The van der Waals surface area contributed by atoms with Crippen LogP contribution in [0.5, 0.6) is 0 Å². The van der Waals surface area contributed by atoms with E-state index in [1.165, 1.54) is 5.56 Å². The first-order valence-corrected chi connectivity index (χ1v) is 6.84. The largest absolute Gasteiger partial charge is 0.379 e. The lowest BCUT2D eigenvalue weighted by Crippen LogP contribution is -2.33. The number of nitrogens with one attached hydrogen (secondary N) is 1. The van der Waals surface area contributed by atoms with Crippen LogP contribution in [0.2, 0.25) is 0 Å². The Morgan fingerprint density at radius 3 is 2.74 bits per heavy atom. The zero-order chi connectivity index (χ0) is 13.9. The molecule has 1 rings (SSSR count). The number of guanidine groups is 1. The fourth-order valence-corrected chi connectivity index (χ4v) is 1.59. The highest BCUT2D eigenvalue weighted by molar-refractivity contribution is 5.77. The molecular weight excluding hydrogens is 238 g/mol. The van der Waals surface area contributed by atoms with Crippen LogP contribution in [0.3, 0.4) is 0 Å². The molecule has 0 saturated heterocycles. The van der Waals surface area contributed by atoms with Crippen LogP contribution < -0.4 is 11.1 Å². The van der Waals surface area contributed by atoms with E-state index in [4.69, 9.17) is 10.5 Å². The second-order valence-electron chi connectivity index (χ2n) is 4.90. The molecule has 0 bridgehead atoms. The van der Waals surface area contributed by atoms with Crippen LogP contribution >= 0.6 is 0 Å². The van der Waals surface area contributed by atoms with Gasteiger partial charge in [-0.25, -0.2) is 0 Å². The Morgan fingerprint density at radius 2 is 2.05 bits per heavy atom. The quantitative estimate of drug-likeness (QED) is 0.427. The number of ether oxygens (including phenoxy) is 1. The second kappa shape index (κ2) is 9.39. The van der Waals surface area contributed by atoms with E-state index in [2.05, 4.69) is 36.3 Å². The topological polar surface area (TPSA) is 59.6 Å². The van der Waals surface area contributed by atoms with Gasteiger partial charge in [0.1, 0.15) is 0 Å². The van der Waals surface area contributed by atoms with Gasteiger partial charge in [0.25, 0.3) is 0 Å². The second-order valence-corrected chi connectivity index (χ2v) is 4.90. The Kier molecular flexibility index (Phi) is 7.66. The summed E-state index contributed by atoms with van der Waals surface area (Å²) in [5.74, 6) is 1.05. The van der Waals surface area contributed by atoms with Gasteiger partial charge in [0.2, 0.25) is 0 Å². The summed E-state index contributed by atoms with van der Waals surface area (Å²) in [6, 6.07) is 10.3. The molecule has 0 radical (unpaired) electrons. The number of aliphatic imine (C=N–C) groups is 1. The van der Waals surface area contributed by atoms with Crippen LogP contribution in [0, 0.1) is 5.92 Å². The summed E-state index contributed by atoms with van der Waals surface area (Å²) in [5.41, 5.74) is 7.06. The van der Waals surface area contributed by atoms with Crippen LogP contribution in [-0.4, -0.2) is 32.3 Å². The SMILES string of the molecule is CC(C)COCCN=C(N)NCCc1ccccc1. The van der Waals surface area contributed by atoms with Gasteiger partial charge in [0, 0.05) is 13.2 Å². The fourth-order valence-electron chi connectivity index (χ4n) is 1.59. The first kappa shape index (κ1) is 15.5. The third-order valence-corrected chi connectivity index (χ3v) is 2.53. The van der Waals surface area contributed by atoms with Crippen LogP contribution in [0.4, 0.5) is 0 Å². The van der Waals surface area contributed by atoms with Crippen molar-refractivity contribution in [2.75, 3.05) is 26.3 Å². The number of hydrogen-bond donors (Lipinski definition) is 2. The standard InChI is InChI=1S/C15H25N3O/c1-13(2)12-19-11-10-18-15(16)17-9-8-14-6-4-3-5-7-14/h3-7,13H,8-12H2,1-2H3,(H3,16,17,18). The van der Waals surface area contributed by atoms with E-state index < -0.39 is 0 Å². The smallest absolute Gasteiger partial charge is 0.188 e. The normalized spacial score (nSPS) is 11.8. The molecule has 0 atom stereocenters. The van der Waals surface area contributed by atoms with Gasteiger partial charge in [-0.3, -0.25) is 4.99 Å². The zero-order valence-corrected chi connectivity index (χ0v) is 11.9. The van der Waals surface area contributed by atoms with Crippen molar-refractivity contribution in [3.05, 3.63) is 35.9 Å². The van der Waals surface area contributed by atoms with Gasteiger partial charge in [0.15, 0.2) is 5.96 Å². The van der Waals surface area contributed by atoms with Crippen molar-refractivity contribution >= 4 is 5.96 Å². The highest BCUT2D eigenvalue weighted by Crippen LogP contribution is 1.97. The van der Waals surface area contributed by atoms with E-state index in [0.29, 0.717) is 25.0 Å². The number of benzene rings is 1.